The van der Waals surface area contributed by atoms with Gasteiger partial charge < -0.3 is 9.47 Å². The van der Waals surface area contributed by atoms with Crippen molar-refractivity contribution in [3.63, 3.8) is 0 Å². The summed E-state index contributed by atoms with van der Waals surface area (Å²) in [6.45, 7) is 0.573. The van der Waals surface area contributed by atoms with Crippen LogP contribution < -0.4 is 14.9 Å². The van der Waals surface area contributed by atoms with Gasteiger partial charge in [0.05, 0.1) is 32.7 Å². The van der Waals surface area contributed by atoms with Gasteiger partial charge in [0.25, 0.3) is 5.91 Å². The molecule has 1 N–H and O–H groups in total. The number of thioether (sulfide) groups is 1. The van der Waals surface area contributed by atoms with Crippen LogP contribution in [0.5, 0.6) is 11.5 Å². The van der Waals surface area contributed by atoms with Crippen LogP contribution in [0, 0.1) is 0 Å². The molecule has 2 aromatic carbocycles. The van der Waals surface area contributed by atoms with Crippen molar-refractivity contribution in [2.75, 3.05) is 20.0 Å². The lowest BCUT2D eigenvalue weighted by Gasteiger charge is -2.10. The Kier molecular flexibility index (Phi) is 8.08. The summed E-state index contributed by atoms with van der Waals surface area (Å²) < 4.78 is 12.7. The molecule has 0 saturated carbocycles. The molecule has 35 heavy (non-hydrogen) atoms. The number of benzene rings is 2. The summed E-state index contributed by atoms with van der Waals surface area (Å²) in [5.74, 6) is 1.69. The summed E-state index contributed by atoms with van der Waals surface area (Å²) >= 11 is 1.29. The van der Waals surface area contributed by atoms with Crippen molar-refractivity contribution in [3.8, 4) is 22.9 Å². The number of hydrogen-bond acceptors (Lipinski definition) is 8. The number of amides is 1. The van der Waals surface area contributed by atoms with Crippen LogP contribution in [0.4, 0.5) is 0 Å². The maximum atomic E-state index is 12.5. The summed E-state index contributed by atoms with van der Waals surface area (Å²) in [5.41, 5.74) is 5.23. The first-order valence-electron chi connectivity index (χ1n) is 10.7. The Labute approximate surface area is 207 Å². The number of ether oxygens (including phenoxy) is 2. The van der Waals surface area contributed by atoms with Crippen molar-refractivity contribution in [2.45, 2.75) is 11.7 Å². The van der Waals surface area contributed by atoms with Gasteiger partial charge in [0.15, 0.2) is 22.5 Å². The monoisotopic (exact) mass is 488 g/mol. The van der Waals surface area contributed by atoms with Gasteiger partial charge in [0, 0.05) is 23.5 Å². The minimum Gasteiger partial charge on any atom is -0.493 e. The first-order valence-corrected chi connectivity index (χ1v) is 11.7. The Morgan fingerprint density at radius 1 is 1.03 bits per heavy atom. The van der Waals surface area contributed by atoms with Crippen LogP contribution in [0.15, 0.2) is 83.3 Å². The van der Waals surface area contributed by atoms with Crippen LogP contribution in [-0.4, -0.2) is 51.8 Å². The third-order valence-electron chi connectivity index (χ3n) is 5.00. The molecule has 0 aliphatic carbocycles. The van der Waals surface area contributed by atoms with Crippen molar-refractivity contribution in [2.24, 2.45) is 5.10 Å². The molecule has 0 saturated heterocycles. The molecule has 0 atom stereocenters. The van der Waals surface area contributed by atoms with Gasteiger partial charge in [-0.3, -0.25) is 14.3 Å². The highest BCUT2D eigenvalue weighted by Crippen LogP contribution is 2.29. The van der Waals surface area contributed by atoms with Crippen molar-refractivity contribution in [1.82, 2.24) is 25.2 Å². The quantitative estimate of drug-likeness (QED) is 0.206. The van der Waals surface area contributed by atoms with Gasteiger partial charge in [-0.15, -0.1) is 10.2 Å². The molecule has 2 heterocycles. The minimum absolute atomic E-state index is 0.121. The van der Waals surface area contributed by atoms with E-state index in [-0.39, 0.29) is 11.7 Å². The largest absolute Gasteiger partial charge is 0.493 e. The van der Waals surface area contributed by atoms with Crippen LogP contribution in [0.2, 0.25) is 0 Å². The van der Waals surface area contributed by atoms with E-state index in [1.54, 1.807) is 32.7 Å². The molecule has 178 valence electrons. The molecule has 10 heteroatoms. The van der Waals surface area contributed by atoms with Crippen molar-refractivity contribution in [3.05, 3.63) is 84.2 Å². The summed E-state index contributed by atoms with van der Waals surface area (Å²) in [4.78, 5) is 16.5. The topological polar surface area (TPSA) is 104 Å². The summed E-state index contributed by atoms with van der Waals surface area (Å²) in [6, 6.07) is 19.2. The van der Waals surface area contributed by atoms with Gasteiger partial charge in [-0.1, -0.05) is 48.2 Å². The van der Waals surface area contributed by atoms with E-state index in [9.17, 15) is 4.79 Å². The molecule has 1 amide bonds. The normalized spacial score (nSPS) is 10.9. The second-order valence-corrected chi connectivity index (χ2v) is 8.22. The first-order chi connectivity index (χ1) is 17.2. The fourth-order valence-electron chi connectivity index (χ4n) is 3.37. The zero-order valence-corrected chi connectivity index (χ0v) is 20.1. The minimum atomic E-state index is -0.271. The average Bonchev–Trinajstić information content (AvgIpc) is 3.30. The van der Waals surface area contributed by atoms with Crippen LogP contribution >= 0.6 is 11.8 Å². The van der Waals surface area contributed by atoms with Crippen molar-refractivity contribution < 1.29 is 14.3 Å². The number of nitrogens with zero attached hydrogens (tertiary/aromatic N) is 5. The number of nitrogens with one attached hydrogen (secondary N) is 1. The Morgan fingerprint density at radius 2 is 1.83 bits per heavy atom. The molecule has 0 radical (unpaired) electrons. The molecule has 0 bridgehead atoms. The van der Waals surface area contributed by atoms with E-state index in [2.05, 4.69) is 25.7 Å². The number of pyridine rings is 1. The van der Waals surface area contributed by atoms with E-state index < -0.39 is 0 Å². The zero-order valence-electron chi connectivity index (χ0n) is 19.3. The third kappa shape index (κ3) is 6.04. The van der Waals surface area contributed by atoms with E-state index in [0.717, 1.165) is 11.1 Å². The van der Waals surface area contributed by atoms with Crippen molar-refractivity contribution in [1.29, 1.82) is 0 Å². The molecule has 0 spiro atoms. The Morgan fingerprint density at radius 3 is 2.57 bits per heavy atom. The Bertz CT molecular complexity index is 1300. The number of hydrazone groups is 1. The maximum absolute atomic E-state index is 12.5. The van der Waals surface area contributed by atoms with Gasteiger partial charge in [0.2, 0.25) is 0 Å². The van der Waals surface area contributed by atoms with Crippen LogP contribution in [-0.2, 0) is 11.3 Å². The van der Waals surface area contributed by atoms with Crippen molar-refractivity contribution >= 4 is 23.9 Å². The number of carbonyl (C=O) groups excluding carboxylic acids is 1. The molecule has 0 fully saturated rings. The van der Waals surface area contributed by atoms with Gasteiger partial charge in [0.1, 0.15) is 0 Å². The highest BCUT2D eigenvalue weighted by Gasteiger charge is 2.16. The average molecular weight is 489 g/mol. The Hall–Kier alpha value is -4.18. The van der Waals surface area contributed by atoms with E-state index in [1.165, 1.54) is 18.0 Å². The van der Waals surface area contributed by atoms with Gasteiger partial charge >= 0.3 is 0 Å². The molecule has 2 aromatic heterocycles. The Balaban J connectivity index is 1.45. The molecular formula is C25H24N6O3S. The molecule has 4 rings (SSSR count). The van der Waals surface area contributed by atoms with E-state index in [0.29, 0.717) is 34.6 Å². The summed E-state index contributed by atoms with van der Waals surface area (Å²) in [5, 5.41) is 13.4. The SMILES string of the molecule is COc1cccc(/C=N\NC(=O)CSc2nnc(-c3ccncc3)n2Cc2ccccc2)c1OC. The third-order valence-corrected chi connectivity index (χ3v) is 5.96. The van der Waals surface area contributed by atoms with Gasteiger partial charge in [-0.25, -0.2) is 5.43 Å². The van der Waals surface area contributed by atoms with E-state index in [1.807, 2.05) is 59.2 Å². The van der Waals surface area contributed by atoms with E-state index in [4.69, 9.17) is 9.47 Å². The smallest absolute Gasteiger partial charge is 0.250 e. The molecule has 9 nitrogen and oxygen atoms in total. The maximum Gasteiger partial charge on any atom is 0.250 e. The number of carbonyl (C=O) groups is 1. The first kappa shape index (κ1) is 24.0. The van der Waals surface area contributed by atoms with Gasteiger partial charge in [-0.2, -0.15) is 5.10 Å². The number of methoxy groups -OCH3 is 2. The lowest BCUT2D eigenvalue weighted by molar-refractivity contribution is -0.118. The fraction of sp³-hybridized carbons (Fsp3) is 0.160. The predicted octanol–water partition coefficient (Wildman–Crippen LogP) is 3.65. The summed E-state index contributed by atoms with van der Waals surface area (Å²) in [7, 11) is 3.12. The van der Waals surface area contributed by atoms with Crippen LogP contribution in [0.3, 0.4) is 0 Å². The zero-order chi connectivity index (χ0) is 24.5. The predicted molar refractivity (Wildman–Crippen MR) is 135 cm³/mol. The number of para-hydroxylation sites is 1. The molecular weight excluding hydrogens is 464 g/mol. The highest BCUT2D eigenvalue weighted by atomic mass is 32.2. The van der Waals surface area contributed by atoms with Crippen LogP contribution in [0.25, 0.3) is 11.4 Å². The number of rotatable bonds is 10. The van der Waals surface area contributed by atoms with Crippen LogP contribution in [0.1, 0.15) is 11.1 Å². The summed E-state index contributed by atoms with van der Waals surface area (Å²) in [6.07, 6.45) is 4.95. The molecule has 4 aromatic rings. The molecule has 0 aliphatic heterocycles. The van der Waals surface area contributed by atoms with Gasteiger partial charge in [-0.05, 0) is 29.8 Å². The second-order valence-electron chi connectivity index (χ2n) is 7.28. The number of aromatic nitrogens is 4. The highest BCUT2D eigenvalue weighted by molar-refractivity contribution is 7.99. The molecule has 0 unspecified atom stereocenters. The lowest BCUT2D eigenvalue weighted by Crippen LogP contribution is -2.20. The standard InChI is InChI=1S/C25H24N6O3S/c1-33-21-10-6-9-20(23(21)34-2)15-27-28-22(32)17-35-25-30-29-24(19-11-13-26-14-12-19)31(25)16-18-7-4-3-5-8-18/h3-15H,16-17H2,1-2H3,(H,28,32)/b27-15-. The number of hydrogen-bond donors (Lipinski definition) is 1. The second kappa shape index (κ2) is 11.8. The lowest BCUT2D eigenvalue weighted by atomic mass is 10.2. The molecule has 0 aliphatic rings. The fourth-order valence-corrected chi connectivity index (χ4v) is 4.10. The van der Waals surface area contributed by atoms with E-state index >= 15 is 0 Å².